The summed E-state index contributed by atoms with van der Waals surface area (Å²) in [5.41, 5.74) is 24.2. The Labute approximate surface area is 836 Å². The molecule has 0 bridgehead atoms. The molecule has 2 aromatic heterocycles. The summed E-state index contributed by atoms with van der Waals surface area (Å²) in [5.74, 6) is -0.378. The summed E-state index contributed by atoms with van der Waals surface area (Å²) < 4.78 is 23.3. The van der Waals surface area contributed by atoms with Gasteiger partial charge in [-0.15, -0.1) is 35.1 Å². The molecule has 4 saturated heterocycles. The van der Waals surface area contributed by atoms with Crippen LogP contribution in [0.15, 0.2) is 205 Å². The third-order valence-electron chi connectivity index (χ3n) is 27.0. The fraction of sp³-hybridized carbons (Fsp3) is 0.444. The number of anilines is 2. The number of carboxylic acid groups (broad SMARTS) is 1. The molecule has 0 radical (unpaired) electrons. The number of β-amino-alcohol motifs (C(OH)–C–C–N with tert-alkyl or cyclic N) is 2. The predicted molar refractivity (Wildman–Crippen MR) is 550 cm³/mol. The number of aliphatic hydroxyl groups is 2. The van der Waals surface area contributed by atoms with Crippen molar-refractivity contribution in [2.75, 3.05) is 154 Å². The van der Waals surface area contributed by atoms with E-state index in [2.05, 4.69) is 158 Å². The Bertz CT molecular complexity index is 5700. The smallest absolute Gasteiger partial charge is 0.329 e. The molecule has 10 aromatic rings. The van der Waals surface area contributed by atoms with Crippen LogP contribution in [0, 0.1) is 24.7 Å². The van der Waals surface area contributed by atoms with E-state index in [-0.39, 0.29) is 93.4 Å². The molecule has 6 aliphatic rings. The number of aliphatic hydroxyl groups excluding tert-OH is 2. The van der Waals surface area contributed by atoms with Crippen molar-refractivity contribution in [3.63, 3.8) is 0 Å². The number of fused-ring (bicyclic) bond motifs is 2. The van der Waals surface area contributed by atoms with Crippen LogP contribution < -0.4 is 41.0 Å². The number of likely N-dealkylation sites (tertiary alicyclic amines) is 2. The molecule has 4 fully saturated rings. The van der Waals surface area contributed by atoms with E-state index in [0.29, 0.717) is 44.5 Å². The lowest BCUT2D eigenvalue weighted by Crippen LogP contribution is -2.58. The van der Waals surface area contributed by atoms with E-state index in [1.165, 1.54) is 54.6 Å². The summed E-state index contributed by atoms with van der Waals surface area (Å²) in [7, 11) is 0. The predicted octanol–water partition coefficient (Wildman–Crippen LogP) is 13.1. The summed E-state index contributed by atoms with van der Waals surface area (Å²) in [6, 6.07) is 61.5. The van der Waals surface area contributed by atoms with Gasteiger partial charge in [0.25, 0.3) is 0 Å². The zero-order valence-electron chi connectivity index (χ0n) is 81.9. The second-order valence-electron chi connectivity index (χ2n) is 39.1. The average Bonchev–Trinajstić information content (AvgIpc) is 0.782. The molecule has 0 aliphatic carbocycles. The van der Waals surface area contributed by atoms with Gasteiger partial charge in [0.1, 0.15) is 67.6 Å². The minimum Gasteiger partial charge on any atom is -0.508 e. The van der Waals surface area contributed by atoms with Crippen molar-refractivity contribution in [1.29, 1.82) is 0 Å². The molecule has 6 aliphatic heterocycles. The Kier molecular flexibility index (Phi) is 37.3. The van der Waals surface area contributed by atoms with E-state index >= 15 is 0 Å². The summed E-state index contributed by atoms with van der Waals surface area (Å²) in [5, 5.41) is 58.6. The summed E-state index contributed by atoms with van der Waals surface area (Å²) in [6.45, 7) is 32.9. The minimum absolute atomic E-state index is 0. The Morgan fingerprint density at radius 2 is 0.850 bits per heavy atom. The molecule has 0 saturated carbocycles. The maximum absolute atomic E-state index is 14.1. The molecule has 10 N–H and O–H groups in total. The highest BCUT2D eigenvalue weighted by Gasteiger charge is 2.47. The summed E-state index contributed by atoms with van der Waals surface area (Å²) in [6.07, 6.45) is 0.487. The highest BCUT2D eigenvalue weighted by atomic mass is 35.5. The van der Waals surface area contributed by atoms with Gasteiger partial charge in [0, 0.05) is 129 Å². The van der Waals surface area contributed by atoms with E-state index in [1.54, 1.807) is 34.8 Å². The molecular formula is C108H137ClN14O15S2. The van der Waals surface area contributed by atoms with Crippen LogP contribution in [0.1, 0.15) is 148 Å². The summed E-state index contributed by atoms with van der Waals surface area (Å²) >= 11 is 3.18. The number of aryl methyl sites for hydroxylation is 2. The van der Waals surface area contributed by atoms with E-state index in [1.807, 2.05) is 159 Å². The molecule has 748 valence electrons. The number of carboxylic acids is 1. The fourth-order valence-electron chi connectivity index (χ4n) is 19.0. The number of nitrogens with one attached hydrogen (secondary N) is 3. The molecule has 0 spiro atoms. The Morgan fingerprint density at radius 3 is 1.21 bits per heavy atom. The zero-order chi connectivity index (χ0) is 98.6. The van der Waals surface area contributed by atoms with Crippen LogP contribution in [0.2, 0.25) is 0 Å². The van der Waals surface area contributed by atoms with Crippen molar-refractivity contribution in [2.45, 2.75) is 155 Å². The first-order chi connectivity index (χ1) is 66.8. The zero-order valence-corrected chi connectivity index (χ0v) is 84.3. The van der Waals surface area contributed by atoms with Gasteiger partial charge < -0.3 is 85.8 Å². The van der Waals surface area contributed by atoms with Crippen LogP contribution in [-0.4, -0.2) is 281 Å². The highest BCUT2D eigenvalue weighted by molar-refractivity contribution is 7.13. The molecule has 140 heavy (non-hydrogen) atoms. The van der Waals surface area contributed by atoms with Crippen molar-refractivity contribution in [3.05, 3.63) is 261 Å². The Morgan fingerprint density at radius 1 is 0.471 bits per heavy atom. The van der Waals surface area contributed by atoms with Gasteiger partial charge in [-0.05, 0) is 180 Å². The van der Waals surface area contributed by atoms with Gasteiger partial charge in [-0.2, -0.15) is 0 Å². The van der Waals surface area contributed by atoms with E-state index in [0.717, 1.165) is 153 Å². The number of nitrogens with zero attached hydrogens (tertiary/aromatic N) is 10. The monoisotopic (exact) mass is 1970 g/mol. The van der Waals surface area contributed by atoms with Gasteiger partial charge in [0.05, 0.1) is 87.8 Å². The second-order valence-corrected chi connectivity index (χ2v) is 40.8. The van der Waals surface area contributed by atoms with E-state index in [4.69, 9.17) is 29.8 Å². The maximum Gasteiger partial charge on any atom is 0.329 e. The van der Waals surface area contributed by atoms with Crippen LogP contribution >= 0.6 is 35.1 Å². The van der Waals surface area contributed by atoms with Crippen molar-refractivity contribution in [1.82, 2.24) is 55.3 Å². The Hall–Kier alpha value is -11.4. The molecular weight excluding hydrogens is 1830 g/mol. The molecule has 32 heteroatoms. The lowest BCUT2D eigenvalue weighted by molar-refractivity contribution is -0.144. The number of carbonyl (C=O) groups excluding carboxylic acids is 5. The lowest BCUT2D eigenvalue weighted by Gasteiger charge is -2.39. The van der Waals surface area contributed by atoms with Crippen LogP contribution in [0.25, 0.3) is 20.9 Å². The number of piperazine rings is 2. The highest BCUT2D eigenvalue weighted by Crippen LogP contribution is 2.43. The molecule has 29 nitrogen and oxygen atoms in total. The SMILES string of the molecule is Cc1ncsc1-c1ccc([C@H](C)NC(=O)[C@@H]2C[C@@H](O)CN2C(=O)[C@@H](N)C(C)(C)C)cc1.Cc1ncsc1-c1ccc([C@H](C)NC(=O)[C@@H]2C[C@@H](O)CN2C(=O)[C@@H](NC(=O)COCCN2CCN(CCOc3ccc(C4c5ccc(O)cc5CCN4c4ccccc4)cc3)CC2)C(C)(C)C)cc1.Cl.O=C(O)COCCN1CCN(CCOc2ccc(C3c4ccc(O)cc4CCN3c3ccccc3)cc2)CC1. The number of para-hydroxylation sites is 2. The number of aliphatic carboxylic acids is 1. The largest absolute Gasteiger partial charge is 0.508 e. The van der Waals surface area contributed by atoms with Crippen LogP contribution in [0.3, 0.4) is 0 Å². The number of hydrogen-bond acceptors (Lipinski definition) is 25. The molecule has 10 atom stereocenters. The topological polar surface area (TPSA) is 354 Å². The van der Waals surface area contributed by atoms with Gasteiger partial charge in [0.15, 0.2) is 0 Å². The molecule has 2 unspecified atom stereocenters. The van der Waals surface area contributed by atoms with E-state index in [9.17, 15) is 49.2 Å². The normalized spacial score (nSPS) is 19.4. The molecule has 16 rings (SSSR count). The first-order valence-electron chi connectivity index (χ1n) is 48.4. The van der Waals surface area contributed by atoms with Crippen molar-refractivity contribution in [3.8, 4) is 43.9 Å². The van der Waals surface area contributed by atoms with Crippen LogP contribution in [0.4, 0.5) is 11.4 Å². The average molecular weight is 1970 g/mol. The number of ether oxygens (including phenoxy) is 4. The van der Waals surface area contributed by atoms with Gasteiger partial charge in [-0.25, -0.2) is 14.8 Å². The van der Waals surface area contributed by atoms with Crippen LogP contribution in [-0.2, 0) is 51.1 Å². The fourth-order valence-corrected chi connectivity index (χ4v) is 20.6. The quantitative estimate of drug-likeness (QED) is 0.0173. The number of hydrogen-bond donors (Lipinski definition) is 9. The molecule has 8 heterocycles. The minimum atomic E-state index is -0.937. The van der Waals surface area contributed by atoms with Crippen molar-refractivity contribution >= 4 is 82.0 Å². The Balaban J connectivity index is 0.000000195. The molecule has 5 amide bonds. The number of carbonyl (C=O) groups is 6. The number of benzene rings is 8. The van der Waals surface area contributed by atoms with Gasteiger partial charge in [-0.1, -0.05) is 163 Å². The number of rotatable bonds is 33. The second kappa shape index (κ2) is 49.3. The van der Waals surface area contributed by atoms with Gasteiger partial charge in [0.2, 0.25) is 29.5 Å². The number of nitrogens with two attached hydrogens (primary N) is 1. The number of aromatic nitrogens is 2. The van der Waals surface area contributed by atoms with Gasteiger partial charge >= 0.3 is 5.97 Å². The third-order valence-corrected chi connectivity index (χ3v) is 29.0. The number of thiazole rings is 2. The van der Waals surface area contributed by atoms with Gasteiger partial charge in [-0.3, -0.25) is 43.6 Å². The van der Waals surface area contributed by atoms with Crippen molar-refractivity contribution in [2.24, 2.45) is 16.6 Å². The number of amides is 5. The van der Waals surface area contributed by atoms with Crippen molar-refractivity contribution < 1.29 is 73.2 Å². The maximum atomic E-state index is 14.1. The third kappa shape index (κ3) is 28.1. The lowest BCUT2D eigenvalue weighted by atomic mass is 9.85. The van der Waals surface area contributed by atoms with E-state index < -0.39 is 65.0 Å². The summed E-state index contributed by atoms with van der Waals surface area (Å²) in [4.78, 5) is 105. The number of halogens is 1. The number of aromatic hydroxyl groups is 2. The standard InChI is InChI=1S/C54H67N7O7S.C31H37N3O5.C23H32N4O3S.ClH/c1-36(38-11-13-40(14-12-38)50-37(2)55-35-69-50)56-52(65)47-32-44(63)33-61(47)53(66)51(54(3,4)5)57-48(64)34-67-29-27-58-23-25-59(26-24-58)28-30-68-45-18-15-39(16-19-45)49-46-20-17-43(62)31-41(46)21-22-60(49)42-9-7-6-8-10-42;35-27-8-11-29-25(22-27)12-13-34(26-4-2-1-3-5-26)31(29)24-6-9-28(10-7-24)39-21-19-33-16-14-32(15-17-33)18-20-38-23-30(36)37;1-13(15-6-8-16(9-7-15)19-14(2)25-12-31-19)26-21(29)18-10-17(28)11-27(18)22(30)20(24)23(3,4)5;/h6-20,31,35-36,44,47,49,51,62-63H,21-30,32-34H2,1-5H3,(H,56,65)(H,57,64);1-11,22,31,35H,12-21,23H2,(H,36,37);6-9,12-13,17-18,20,28H,10-11,24H2,1-5H3,(H,26,29);1H/t36-,44+,47-,49?,51+;;13-,17+,18-,20+;/m0.0./s1. The molecule has 8 aromatic carbocycles. The van der Waals surface area contributed by atoms with Crippen LogP contribution in [0.5, 0.6) is 23.0 Å². The number of phenolic OH excluding ortho intramolecular Hbond substituents is 2. The number of phenols is 2. The first-order valence-corrected chi connectivity index (χ1v) is 50.2. The first kappa shape index (κ1) is 106.